The van der Waals surface area contributed by atoms with Gasteiger partial charge in [0.1, 0.15) is 5.75 Å². The fourth-order valence-corrected chi connectivity index (χ4v) is 9.55. The van der Waals surface area contributed by atoms with Gasteiger partial charge in [-0.05, 0) is 122 Å². The summed E-state index contributed by atoms with van der Waals surface area (Å²) in [7, 11) is 1.73. The molecule has 0 spiro atoms. The summed E-state index contributed by atoms with van der Waals surface area (Å²) in [6.07, 6.45) is 0. The van der Waals surface area contributed by atoms with E-state index in [-0.39, 0.29) is 5.41 Å². The van der Waals surface area contributed by atoms with Crippen LogP contribution in [0.4, 0.5) is 17.1 Å². The van der Waals surface area contributed by atoms with Gasteiger partial charge in [0, 0.05) is 22.5 Å². The van der Waals surface area contributed by atoms with E-state index in [0.717, 1.165) is 22.8 Å². The van der Waals surface area contributed by atoms with Gasteiger partial charge >= 0.3 is 0 Å². The molecule has 0 saturated carbocycles. The highest BCUT2D eigenvalue weighted by Gasteiger charge is 2.46. The van der Waals surface area contributed by atoms with Gasteiger partial charge < -0.3 is 9.64 Å². The van der Waals surface area contributed by atoms with Crippen molar-refractivity contribution in [3.8, 4) is 39.1 Å². The first-order chi connectivity index (χ1) is 27.4. The Hall–Kier alpha value is -6.64. The van der Waals surface area contributed by atoms with Crippen LogP contribution >= 0.6 is 0 Å². The van der Waals surface area contributed by atoms with Crippen LogP contribution in [0.2, 0.25) is 0 Å². The molecule has 0 aliphatic heterocycles. The fraction of sp³-hybridized carbons (Fsp3) is 0.111. The van der Waals surface area contributed by atoms with Crippen LogP contribution in [0, 0.1) is 6.92 Å². The van der Waals surface area contributed by atoms with Crippen LogP contribution in [0.25, 0.3) is 33.4 Å². The van der Waals surface area contributed by atoms with Crippen LogP contribution in [0.5, 0.6) is 5.75 Å². The Bertz CT molecular complexity index is 2740. The quantitative estimate of drug-likeness (QED) is 0.162. The highest BCUT2D eigenvalue weighted by molar-refractivity contribution is 5.91. The number of fused-ring (bicyclic) bond motifs is 6. The molecule has 0 heterocycles. The highest BCUT2D eigenvalue weighted by Crippen LogP contribution is 2.58. The molecule has 8 aromatic rings. The van der Waals surface area contributed by atoms with Crippen molar-refractivity contribution in [3.05, 3.63) is 227 Å². The summed E-state index contributed by atoms with van der Waals surface area (Å²) in [5.74, 6) is 0.847. The third-order valence-electron chi connectivity index (χ3n) is 12.4. The summed E-state index contributed by atoms with van der Waals surface area (Å²) in [5, 5.41) is 0. The summed E-state index contributed by atoms with van der Waals surface area (Å²) in [6, 6.07) is 69.5. The molecule has 270 valence electrons. The van der Waals surface area contributed by atoms with Crippen LogP contribution in [-0.2, 0) is 10.8 Å². The van der Waals surface area contributed by atoms with Crippen molar-refractivity contribution in [2.75, 3.05) is 12.0 Å². The molecule has 0 amide bonds. The van der Waals surface area contributed by atoms with Crippen molar-refractivity contribution in [3.63, 3.8) is 0 Å². The molecule has 2 nitrogen and oxygen atoms in total. The molecule has 10 rings (SSSR count). The first-order valence-corrected chi connectivity index (χ1v) is 19.5. The first kappa shape index (κ1) is 33.9. The lowest BCUT2D eigenvalue weighted by Gasteiger charge is -2.35. The Labute approximate surface area is 330 Å². The zero-order valence-electron chi connectivity index (χ0n) is 32.3. The Balaban J connectivity index is 1.22. The molecular formula is C54H43NO. The van der Waals surface area contributed by atoms with Gasteiger partial charge in [-0.1, -0.05) is 159 Å². The maximum atomic E-state index is 5.67. The summed E-state index contributed by atoms with van der Waals surface area (Å²) >= 11 is 0. The minimum Gasteiger partial charge on any atom is -0.497 e. The Morgan fingerprint density at radius 3 is 1.54 bits per heavy atom. The second-order valence-electron chi connectivity index (χ2n) is 15.8. The maximum Gasteiger partial charge on any atom is 0.118 e. The van der Waals surface area contributed by atoms with E-state index >= 15 is 0 Å². The van der Waals surface area contributed by atoms with Crippen molar-refractivity contribution >= 4 is 17.1 Å². The van der Waals surface area contributed by atoms with E-state index in [1.165, 1.54) is 72.3 Å². The van der Waals surface area contributed by atoms with Crippen molar-refractivity contribution in [2.24, 2.45) is 0 Å². The molecule has 8 aromatic carbocycles. The van der Waals surface area contributed by atoms with Crippen molar-refractivity contribution in [1.29, 1.82) is 0 Å². The van der Waals surface area contributed by atoms with Gasteiger partial charge in [0.15, 0.2) is 0 Å². The molecule has 0 bridgehead atoms. The van der Waals surface area contributed by atoms with Gasteiger partial charge in [-0.25, -0.2) is 0 Å². The van der Waals surface area contributed by atoms with Crippen LogP contribution in [-0.4, -0.2) is 7.11 Å². The monoisotopic (exact) mass is 721 g/mol. The van der Waals surface area contributed by atoms with Crippen molar-refractivity contribution in [2.45, 2.75) is 31.6 Å². The molecule has 0 fully saturated rings. The standard InChI is InChI=1S/C54H43NO/c1-36-18-22-39(23-19-36)54(40-24-30-44(56-4)31-25-40)50-17-11-9-15-46(50)48-33-29-43(35-52(48)54)55(41-26-20-38(21-27-41)37-12-6-5-7-13-37)42-28-32-47-45-14-8-10-16-49(45)53(2,3)51(47)34-42/h5-35H,1-4H3. The lowest BCUT2D eigenvalue weighted by Crippen LogP contribution is -2.28. The van der Waals surface area contributed by atoms with E-state index in [4.69, 9.17) is 4.74 Å². The third kappa shape index (κ3) is 5.09. The molecule has 1 unspecified atom stereocenters. The van der Waals surface area contributed by atoms with Crippen LogP contribution in [0.3, 0.4) is 0 Å². The predicted molar refractivity (Wildman–Crippen MR) is 233 cm³/mol. The number of hydrogen-bond acceptors (Lipinski definition) is 2. The average molecular weight is 722 g/mol. The van der Waals surface area contributed by atoms with Gasteiger partial charge in [0.05, 0.1) is 12.5 Å². The summed E-state index contributed by atoms with van der Waals surface area (Å²) in [4.78, 5) is 2.45. The zero-order valence-corrected chi connectivity index (χ0v) is 32.3. The minimum atomic E-state index is -0.549. The number of rotatable bonds is 7. The van der Waals surface area contributed by atoms with E-state index < -0.39 is 5.41 Å². The van der Waals surface area contributed by atoms with E-state index in [0.29, 0.717) is 0 Å². The molecule has 2 aliphatic rings. The van der Waals surface area contributed by atoms with Crippen molar-refractivity contribution < 1.29 is 4.74 Å². The SMILES string of the molecule is COc1ccc(C2(c3ccc(C)cc3)c3ccccc3-c3ccc(N(c4ccc(-c5ccccc5)cc4)c4ccc5c(c4)C(C)(C)c4ccccc4-5)cc32)cc1. The molecule has 0 saturated heterocycles. The van der Waals surface area contributed by atoms with Crippen LogP contribution in [0.15, 0.2) is 188 Å². The predicted octanol–water partition coefficient (Wildman–Crippen LogP) is 13.8. The largest absolute Gasteiger partial charge is 0.497 e. The van der Waals surface area contributed by atoms with Gasteiger partial charge in [0.25, 0.3) is 0 Å². The maximum absolute atomic E-state index is 5.67. The van der Waals surface area contributed by atoms with Gasteiger partial charge in [-0.15, -0.1) is 0 Å². The van der Waals surface area contributed by atoms with E-state index in [9.17, 15) is 0 Å². The van der Waals surface area contributed by atoms with E-state index in [2.05, 4.69) is 214 Å². The fourth-order valence-electron chi connectivity index (χ4n) is 9.55. The molecule has 2 aliphatic carbocycles. The minimum absolute atomic E-state index is 0.126. The lowest BCUT2D eigenvalue weighted by molar-refractivity contribution is 0.414. The molecule has 1 atom stereocenters. The second kappa shape index (κ2) is 13.0. The summed E-state index contributed by atoms with van der Waals surface area (Å²) < 4.78 is 5.67. The molecule has 0 N–H and O–H groups in total. The van der Waals surface area contributed by atoms with Gasteiger partial charge in [-0.3, -0.25) is 0 Å². The Morgan fingerprint density at radius 1 is 0.411 bits per heavy atom. The van der Waals surface area contributed by atoms with Crippen LogP contribution < -0.4 is 9.64 Å². The zero-order chi connectivity index (χ0) is 38.0. The average Bonchev–Trinajstić information content (AvgIpc) is 3.67. The third-order valence-corrected chi connectivity index (χ3v) is 12.4. The van der Waals surface area contributed by atoms with E-state index in [1.807, 2.05) is 0 Å². The normalized spacial score (nSPS) is 15.7. The molecule has 0 radical (unpaired) electrons. The Morgan fingerprint density at radius 2 is 0.893 bits per heavy atom. The molecular weight excluding hydrogens is 679 g/mol. The number of hydrogen-bond donors (Lipinski definition) is 0. The number of ether oxygens (including phenoxy) is 1. The smallest absolute Gasteiger partial charge is 0.118 e. The number of anilines is 3. The lowest BCUT2D eigenvalue weighted by atomic mass is 9.67. The summed E-state index contributed by atoms with van der Waals surface area (Å²) in [5.41, 5.74) is 19.2. The van der Waals surface area contributed by atoms with Crippen molar-refractivity contribution in [1.82, 2.24) is 0 Å². The number of aryl methyl sites for hydroxylation is 1. The number of methoxy groups -OCH3 is 1. The van der Waals surface area contributed by atoms with Crippen LogP contribution in [0.1, 0.15) is 52.8 Å². The molecule has 2 heteroatoms. The number of nitrogens with zero attached hydrogens (tertiary/aromatic N) is 1. The Kier molecular flexibility index (Phi) is 7.87. The van der Waals surface area contributed by atoms with Gasteiger partial charge in [-0.2, -0.15) is 0 Å². The molecule has 0 aromatic heterocycles. The highest BCUT2D eigenvalue weighted by atomic mass is 16.5. The topological polar surface area (TPSA) is 12.5 Å². The van der Waals surface area contributed by atoms with E-state index in [1.54, 1.807) is 7.11 Å². The summed E-state index contributed by atoms with van der Waals surface area (Å²) in [6.45, 7) is 6.88. The number of benzene rings is 8. The van der Waals surface area contributed by atoms with Gasteiger partial charge in [0.2, 0.25) is 0 Å². The second-order valence-corrected chi connectivity index (χ2v) is 15.8. The first-order valence-electron chi connectivity index (χ1n) is 19.5. The molecule has 56 heavy (non-hydrogen) atoms.